The molecular weight excluding hydrogens is 446 g/mol. The number of carbonyl (C=O) groups excluding carboxylic acids is 1. The maximum atomic E-state index is 12.8. The monoisotopic (exact) mass is 481 g/mol. The number of nitrogens with zero attached hydrogens (tertiary/aromatic N) is 2. The Hall–Kier alpha value is -2.68. The number of pyridine rings is 1. The van der Waals surface area contributed by atoms with E-state index in [1.807, 2.05) is 34.9 Å². The van der Waals surface area contributed by atoms with Crippen LogP contribution < -0.4 is 15.6 Å². The molecule has 4 heterocycles. The number of nitrogens with one attached hydrogen (secondary N) is 1. The molecule has 1 aromatic heterocycles. The largest absolute Gasteiger partial charge is 0.497 e. The van der Waals surface area contributed by atoms with E-state index in [1.54, 1.807) is 13.2 Å². The van der Waals surface area contributed by atoms with E-state index in [9.17, 15) is 14.7 Å². The first-order chi connectivity index (χ1) is 17.0. The molecule has 0 spiro atoms. The van der Waals surface area contributed by atoms with Crippen molar-refractivity contribution in [1.82, 2.24) is 14.8 Å². The molecule has 2 saturated heterocycles. The van der Waals surface area contributed by atoms with E-state index in [0.29, 0.717) is 24.8 Å². The van der Waals surface area contributed by atoms with Gasteiger partial charge in [0.2, 0.25) is 0 Å². The van der Waals surface area contributed by atoms with Crippen LogP contribution in [-0.2, 0) is 22.6 Å². The van der Waals surface area contributed by atoms with Crippen molar-refractivity contribution in [3.05, 3.63) is 64.1 Å². The zero-order valence-corrected chi connectivity index (χ0v) is 20.3. The van der Waals surface area contributed by atoms with Crippen LogP contribution in [0.1, 0.15) is 42.9 Å². The first kappa shape index (κ1) is 24.0. The van der Waals surface area contributed by atoms with Crippen molar-refractivity contribution < 1.29 is 19.4 Å². The van der Waals surface area contributed by atoms with Gasteiger partial charge in [-0.05, 0) is 55.4 Å². The molecule has 1 aromatic carbocycles. The number of piperidine rings is 1. The van der Waals surface area contributed by atoms with E-state index in [4.69, 9.17) is 9.47 Å². The number of ether oxygens (including phenoxy) is 2. The number of aliphatic hydroxyl groups is 1. The Morgan fingerprint density at radius 3 is 2.77 bits per heavy atom. The van der Waals surface area contributed by atoms with Crippen molar-refractivity contribution in [2.24, 2.45) is 5.92 Å². The second kappa shape index (κ2) is 10.5. The SMILES string of the molecule is COc1ccc(CNC(=O)C2OC(CCN3CC4CC(C3)c3cccc(=O)n3C4)CCC2O)cc1. The molecule has 35 heavy (non-hydrogen) atoms. The fraction of sp³-hybridized carbons (Fsp3) is 0.556. The Bertz CT molecular complexity index is 1080. The lowest BCUT2D eigenvalue weighted by Crippen LogP contribution is -2.50. The van der Waals surface area contributed by atoms with Crippen LogP contribution in [0.4, 0.5) is 0 Å². The normalized spacial score (nSPS) is 28.2. The van der Waals surface area contributed by atoms with Crippen molar-refractivity contribution >= 4 is 5.91 Å². The molecule has 2 N–H and O–H groups in total. The molecule has 188 valence electrons. The van der Waals surface area contributed by atoms with Crippen LogP contribution in [0.3, 0.4) is 0 Å². The zero-order valence-electron chi connectivity index (χ0n) is 20.3. The number of hydrogen-bond donors (Lipinski definition) is 2. The summed E-state index contributed by atoms with van der Waals surface area (Å²) < 4.78 is 13.2. The summed E-state index contributed by atoms with van der Waals surface area (Å²) in [6, 6.07) is 13.1. The molecule has 3 aliphatic heterocycles. The van der Waals surface area contributed by atoms with Gasteiger partial charge in [0.1, 0.15) is 5.75 Å². The molecule has 0 saturated carbocycles. The maximum absolute atomic E-state index is 12.8. The fourth-order valence-electron chi connectivity index (χ4n) is 5.86. The highest BCUT2D eigenvalue weighted by Gasteiger charge is 2.37. The first-order valence-corrected chi connectivity index (χ1v) is 12.7. The number of methoxy groups -OCH3 is 1. The van der Waals surface area contributed by atoms with Crippen LogP contribution in [0.25, 0.3) is 0 Å². The minimum absolute atomic E-state index is 0.0493. The minimum atomic E-state index is -0.841. The van der Waals surface area contributed by atoms with Gasteiger partial charge in [-0.3, -0.25) is 9.59 Å². The average Bonchev–Trinajstić information content (AvgIpc) is 2.87. The van der Waals surface area contributed by atoms with Gasteiger partial charge in [0.15, 0.2) is 6.10 Å². The smallest absolute Gasteiger partial charge is 0.252 e. The van der Waals surface area contributed by atoms with Gasteiger partial charge >= 0.3 is 0 Å². The van der Waals surface area contributed by atoms with Crippen molar-refractivity contribution in [1.29, 1.82) is 0 Å². The number of amides is 1. The predicted molar refractivity (Wildman–Crippen MR) is 131 cm³/mol. The summed E-state index contributed by atoms with van der Waals surface area (Å²) in [4.78, 5) is 27.5. The number of aromatic nitrogens is 1. The van der Waals surface area contributed by atoms with Gasteiger partial charge in [-0.15, -0.1) is 0 Å². The summed E-state index contributed by atoms with van der Waals surface area (Å²) in [5, 5.41) is 13.3. The number of carbonyl (C=O) groups is 1. The second-order valence-corrected chi connectivity index (χ2v) is 10.1. The Balaban J connectivity index is 1.12. The van der Waals surface area contributed by atoms with E-state index in [1.165, 1.54) is 0 Å². The van der Waals surface area contributed by atoms with Crippen LogP contribution in [-0.4, -0.2) is 65.5 Å². The van der Waals surface area contributed by atoms with Gasteiger partial charge in [-0.25, -0.2) is 0 Å². The third-order valence-electron chi connectivity index (χ3n) is 7.68. The average molecular weight is 482 g/mol. The fourth-order valence-corrected chi connectivity index (χ4v) is 5.86. The van der Waals surface area contributed by atoms with Crippen molar-refractivity contribution in [2.45, 2.75) is 63.0 Å². The lowest BCUT2D eigenvalue weighted by atomic mass is 9.83. The molecule has 2 bridgehead atoms. The van der Waals surface area contributed by atoms with E-state index in [-0.39, 0.29) is 17.6 Å². The topological polar surface area (TPSA) is 93.0 Å². The van der Waals surface area contributed by atoms with E-state index in [0.717, 1.165) is 62.4 Å². The van der Waals surface area contributed by atoms with E-state index < -0.39 is 12.2 Å². The Kier molecular flexibility index (Phi) is 7.22. The van der Waals surface area contributed by atoms with Gasteiger partial charge in [0.05, 0.1) is 19.3 Å². The molecule has 8 heteroatoms. The number of fused-ring (bicyclic) bond motifs is 4. The summed E-state index contributed by atoms with van der Waals surface area (Å²) in [5.41, 5.74) is 2.22. The third-order valence-corrected chi connectivity index (χ3v) is 7.68. The van der Waals surface area contributed by atoms with Gasteiger partial charge in [-0.1, -0.05) is 18.2 Å². The van der Waals surface area contributed by atoms with Crippen LogP contribution in [0.5, 0.6) is 5.75 Å². The molecule has 5 atom stereocenters. The number of likely N-dealkylation sites (tertiary alicyclic amines) is 1. The standard InChI is InChI=1S/C27H35N3O5/c1-34-21-7-5-18(6-8-21)14-28-27(33)26-24(31)10-9-22(35-26)11-12-29-15-19-13-20(17-29)23-3-2-4-25(32)30(23)16-19/h2-8,19-20,22,24,26,31H,9-17H2,1H3,(H,28,33). The summed E-state index contributed by atoms with van der Waals surface area (Å²) in [6.07, 6.45) is 1.61. The van der Waals surface area contributed by atoms with Crippen LogP contribution in [0, 0.1) is 5.92 Å². The highest BCUT2D eigenvalue weighted by atomic mass is 16.5. The molecule has 2 aromatic rings. The highest BCUT2D eigenvalue weighted by molar-refractivity contribution is 5.81. The van der Waals surface area contributed by atoms with Crippen LogP contribution in [0.2, 0.25) is 0 Å². The van der Waals surface area contributed by atoms with E-state index in [2.05, 4.69) is 16.3 Å². The Morgan fingerprint density at radius 2 is 1.97 bits per heavy atom. The molecule has 3 aliphatic rings. The molecule has 5 rings (SSSR count). The summed E-state index contributed by atoms with van der Waals surface area (Å²) in [7, 11) is 1.62. The lowest BCUT2D eigenvalue weighted by molar-refractivity contribution is -0.159. The van der Waals surface area contributed by atoms with Crippen LogP contribution in [0.15, 0.2) is 47.3 Å². The highest BCUT2D eigenvalue weighted by Crippen LogP contribution is 2.35. The first-order valence-electron chi connectivity index (χ1n) is 12.7. The quantitative estimate of drug-likeness (QED) is 0.628. The molecule has 8 nitrogen and oxygen atoms in total. The minimum Gasteiger partial charge on any atom is -0.497 e. The number of hydrogen-bond acceptors (Lipinski definition) is 6. The molecular formula is C27H35N3O5. The molecule has 5 unspecified atom stereocenters. The number of aliphatic hydroxyl groups excluding tert-OH is 1. The molecule has 2 fully saturated rings. The Labute approximate surface area is 205 Å². The van der Waals surface area contributed by atoms with Crippen molar-refractivity contribution in [3.63, 3.8) is 0 Å². The van der Waals surface area contributed by atoms with E-state index >= 15 is 0 Å². The third kappa shape index (κ3) is 5.44. The van der Waals surface area contributed by atoms with Gasteiger partial charge in [0.25, 0.3) is 11.5 Å². The van der Waals surface area contributed by atoms with Crippen molar-refractivity contribution in [2.75, 3.05) is 26.7 Å². The lowest BCUT2D eigenvalue weighted by Gasteiger charge is -2.43. The number of rotatable bonds is 7. The molecule has 0 radical (unpaired) electrons. The zero-order chi connectivity index (χ0) is 24.4. The van der Waals surface area contributed by atoms with Gasteiger partial charge in [0, 0.05) is 50.4 Å². The van der Waals surface area contributed by atoms with Gasteiger partial charge < -0.3 is 29.4 Å². The summed E-state index contributed by atoms with van der Waals surface area (Å²) in [6.45, 7) is 4.00. The summed E-state index contributed by atoms with van der Waals surface area (Å²) in [5.74, 6) is 1.38. The maximum Gasteiger partial charge on any atom is 0.252 e. The predicted octanol–water partition coefficient (Wildman–Crippen LogP) is 1.89. The molecule has 1 amide bonds. The number of benzene rings is 1. The van der Waals surface area contributed by atoms with Crippen molar-refractivity contribution in [3.8, 4) is 5.75 Å². The van der Waals surface area contributed by atoms with Crippen LogP contribution >= 0.6 is 0 Å². The Morgan fingerprint density at radius 1 is 1.14 bits per heavy atom. The summed E-state index contributed by atoms with van der Waals surface area (Å²) >= 11 is 0. The molecule has 0 aliphatic carbocycles. The second-order valence-electron chi connectivity index (χ2n) is 10.1. The van der Waals surface area contributed by atoms with Gasteiger partial charge in [-0.2, -0.15) is 0 Å².